The van der Waals surface area contributed by atoms with E-state index in [-0.39, 0.29) is 7.43 Å². The number of nitrogens with one attached hydrogen (secondary N) is 1. The van der Waals surface area contributed by atoms with Gasteiger partial charge in [-0.25, -0.2) is 0 Å². The van der Waals surface area contributed by atoms with Crippen LogP contribution in [0.3, 0.4) is 0 Å². The van der Waals surface area contributed by atoms with Crippen LogP contribution >= 0.6 is 0 Å². The quantitative estimate of drug-likeness (QED) is 0.626. The van der Waals surface area contributed by atoms with E-state index in [9.17, 15) is 0 Å². The van der Waals surface area contributed by atoms with Crippen LogP contribution in [0.1, 0.15) is 40.5 Å². The Bertz CT molecular complexity index is 80.8. The first kappa shape index (κ1) is 9.96. The van der Waals surface area contributed by atoms with Gasteiger partial charge in [0.1, 0.15) is 0 Å². The molecular formula is C9H21N. The third-order valence-electron chi connectivity index (χ3n) is 2.33. The second kappa shape index (κ2) is 4.73. The first-order chi connectivity index (χ1) is 4.34. The highest BCUT2D eigenvalue weighted by Gasteiger charge is 2.21. The smallest absolute Gasteiger partial charge is 0.00925 e. The minimum absolute atomic E-state index is 0. The molecule has 1 fully saturated rings. The van der Waals surface area contributed by atoms with E-state index >= 15 is 0 Å². The van der Waals surface area contributed by atoms with Gasteiger partial charge in [0.05, 0.1) is 0 Å². The Morgan fingerprint density at radius 3 is 2.50 bits per heavy atom. The summed E-state index contributed by atoms with van der Waals surface area (Å²) in [5.74, 6) is 0.921. The summed E-state index contributed by atoms with van der Waals surface area (Å²) < 4.78 is 0. The Hall–Kier alpha value is -0.0400. The zero-order valence-corrected chi connectivity index (χ0v) is 6.48. The van der Waals surface area contributed by atoms with Crippen molar-refractivity contribution in [3.05, 3.63) is 0 Å². The van der Waals surface area contributed by atoms with E-state index in [1.165, 1.54) is 19.3 Å². The van der Waals surface area contributed by atoms with Crippen molar-refractivity contribution in [1.82, 2.24) is 5.32 Å². The molecule has 1 saturated carbocycles. The molecule has 10 heavy (non-hydrogen) atoms. The third-order valence-corrected chi connectivity index (χ3v) is 2.33. The Morgan fingerprint density at radius 1 is 1.40 bits per heavy atom. The van der Waals surface area contributed by atoms with Gasteiger partial charge in [-0.15, -0.1) is 0 Å². The first-order valence-corrected chi connectivity index (χ1v) is 4.08. The van der Waals surface area contributed by atoms with E-state index < -0.39 is 0 Å². The molecule has 1 N–H and O–H groups in total. The Balaban J connectivity index is 0.000000810. The molecule has 1 aliphatic rings. The molecule has 0 bridgehead atoms. The standard InChI is InChI=1S/C8H17N.CH4/c1-3-9-8-6-4-5-7(8)2;/h7-9H,3-6H2,1-2H3;1H4. The van der Waals surface area contributed by atoms with Crippen LogP contribution in [0.5, 0.6) is 0 Å². The molecule has 0 spiro atoms. The summed E-state index contributed by atoms with van der Waals surface area (Å²) in [6, 6.07) is 0.829. The van der Waals surface area contributed by atoms with Crippen LogP contribution in [0.4, 0.5) is 0 Å². The van der Waals surface area contributed by atoms with Gasteiger partial charge in [-0.05, 0) is 25.3 Å². The highest BCUT2D eigenvalue weighted by molar-refractivity contribution is 4.79. The van der Waals surface area contributed by atoms with Gasteiger partial charge in [0.2, 0.25) is 0 Å². The lowest BCUT2D eigenvalue weighted by Crippen LogP contribution is -2.30. The lowest BCUT2D eigenvalue weighted by molar-refractivity contribution is 0.437. The van der Waals surface area contributed by atoms with E-state index in [2.05, 4.69) is 19.2 Å². The highest BCUT2D eigenvalue weighted by atomic mass is 14.9. The molecule has 1 nitrogen and oxygen atoms in total. The fraction of sp³-hybridized carbons (Fsp3) is 1.00. The zero-order valence-electron chi connectivity index (χ0n) is 6.48. The van der Waals surface area contributed by atoms with Crippen molar-refractivity contribution in [2.45, 2.75) is 46.6 Å². The summed E-state index contributed by atoms with van der Waals surface area (Å²) in [6.45, 7) is 5.67. The molecule has 62 valence electrons. The molecule has 0 aromatic rings. The van der Waals surface area contributed by atoms with E-state index in [0.717, 1.165) is 18.5 Å². The monoisotopic (exact) mass is 143 g/mol. The second-order valence-electron chi connectivity index (χ2n) is 3.07. The van der Waals surface area contributed by atoms with E-state index in [1.807, 2.05) is 0 Å². The van der Waals surface area contributed by atoms with Crippen molar-refractivity contribution >= 4 is 0 Å². The van der Waals surface area contributed by atoms with Gasteiger partial charge in [-0.1, -0.05) is 27.7 Å². The van der Waals surface area contributed by atoms with Gasteiger partial charge < -0.3 is 5.32 Å². The SMILES string of the molecule is C.CCNC1CCCC1C. The van der Waals surface area contributed by atoms with Gasteiger partial charge in [0.25, 0.3) is 0 Å². The molecule has 2 atom stereocenters. The average Bonchev–Trinajstić information content (AvgIpc) is 2.18. The highest BCUT2D eigenvalue weighted by Crippen LogP contribution is 2.24. The molecule has 0 heterocycles. The summed E-state index contributed by atoms with van der Waals surface area (Å²) >= 11 is 0. The molecule has 0 aromatic heterocycles. The van der Waals surface area contributed by atoms with Crippen molar-refractivity contribution in [2.24, 2.45) is 5.92 Å². The molecule has 1 aliphatic carbocycles. The molecule has 0 aliphatic heterocycles. The van der Waals surface area contributed by atoms with Crippen LogP contribution in [-0.4, -0.2) is 12.6 Å². The summed E-state index contributed by atoms with van der Waals surface area (Å²) in [4.78, 5) is 0. The lowest BCUT2D eigenvalue weighted by Gasteiger charge is -2.14. The van der Waals surface area contributed by atoms with Gasteiger partial charge in [0.15, 0.2) is 0 Å². The predicted octanol–water partition coefficient (Wildman–Crippen LogP) is 2.42. The van der Waals surface area contributed by atoms with Crippen LogP contribution in [-0.2, 0) is 0 Å². The molecule has 0 aromatic carbocycles. The van der Waals surface area contributed by atoms with Gasteiger partial charge in [-0.3, -0.25) is 0 Å². The molecular weight excluding hydrogens is 122 g/mol. The van der Waals surface area contributed by atoms with Gasteiger partial charge >= 0.3 is 0 Å². The normalized spacial score (nSPS) is 31.8. The first-order valence-electron chi connectivity index (χ1n) is 4.08. The Morgan fingerprint density at radius 2 is 2.10 bits per heavy atom. The third kappa shape index (κ3) is 2.30. The molecule has 2 unspecified atom stereocenters. The Kier molecular flexibility index (Phi) is 4.71. The summed E-state index contributed by atoms with van der Waals surface area (Å²) in [6.07, 6.45) is 4.26. The maximum absolute atomic E-state index is 3.49. The molecule has 1 heteroatoms. The summed E-state index contributed by atoms with van der Waals surface area (Å²) in [7, 11) is 0. The van der Waals surface area contributed by atoms with E-state index in [0.29, 0.717) is 0 Å². The van der Waals surface area contributed by atoms with Crippen molar-refractivity contribution < 1.29 is 0 Å². The minimum Gasteiger partial charge on any atom is -0.314 e. The summed E-state index contributed by atoms with van der Waals surface area (Å²) in [5, 5.41) is 3.49. The molecule has 0 radical (unpaired) electrons. The van der Waals surface area contributed by atoms with Crippen LogP contribution in [0.25, 0.3) is 0 Å². The van der Waals surface area contributed by atoms with Crippen LogP contribution in [0.15, 0.2) is 0 Å². The van der Waals surface area contributed by atoms with Crippen LogP contribution in [0, 0.1) is 5.92 Å². The average molecular weight is 143 g/mol. The van der Waals surface area contributed by atoms with Crippen LogP contribution in [0.2, 0.25) is 0 Å². The second-order valence-corrected chi connectivity index (χ2v) is 3.07. The maximum Gasteiger partial charge on any atom is 0.00925 e. The van der Waals surface area contributed by atoms with Crippen LogP contribution < -0.4 is 5.32 Å². The minimum atomic E-state index is 0. The van der Waals surface area contributed by atoms with Crippen molar-refractivity contribution in [3.63, 3.8) is 0 Å². The van der Waals surface area contributed by atoms with Crippen molar-refractivity contribution in [3.8, 4) is 0 Å². The zero-order chi connectivity index (χ0) is 6.69. The largest absolute Gasteiger partial charge is 0.314 e. The molecule has 0 saturated heterocycles. The molecule has 0 amide bonds. The number of hydrogen-bond acceptors (Lipinski definition) is 1. The number of hydrogen-bond donors (Lipinski definition) is 1. The maximum atomic E-state index is 3.49. The van der Waals surface area contributed by atoms with E-state index in [1.54, 1.807) is 0 Å². The molecule has 1 rings (SSSR count). The fourth-order valence-corrected chi connectivity index (χ4v) is 1.71. The Labute approximate surface area is 65.2 Å². The summed E-state index contributed by atoms with van der Waals surface area (Å²) in [5.41, 5.74) is 0. The van der Waals surface area contributed by atoms with Crippen molar-refractivity contribution in [1.29, 1.82) is 0 Å². The fourth-order valence-electron chi connectivity index (χ4n) is 1.71. The van der Waals surface area contributed by atoms with Gasteiger partial charge in [0, 0.05) is 6.04 Å². The number of rotatable bonds is 2. The lowest BCUT2D eigenvalue weighted by atomic mass is 10.1. The van der Waals surface area contributed by atoms with Gasteiger partial charge in [-0.2, -0.15) is 0 Å². The predicted molar refractivity (Wildman–Crippen MR) is 47.2 cm³/mol. The topological polar surface area (TPSA) is 12.0 Å². The van der Waals surface area contributed by atoms with Crippen molar-refractivity contribution in [2.75, 3.05) is 6.54 Å². The van der Waals surface area contributed by atoms with E-state index in [4.69, 9.17) is 0 Å².